The molecule has 2 N–H and O–H groups in total. The van der Waals surface area contributed by atoms with Gasteiger partial charge in [-0.1, -0.05) is 6.92 Å². The van der Waals surface area contributed by atoms with Gasteiger partial charge in [-0.2, -0.15) is 0 Å². The van der Waals surface area contributed by atoms with Gasteiger partial charge in [0.2, 0.25) is 11.8 Å². The van der Waals surface area contributed by atoms with Crippen molar-refractivity contribution in [2.24, 2.45) is 5.92 Å². The second kappa shape index (κ2) is 10.6. The van der Waals surface area contributed by atoms with Crippen LogP contribution in [0.5, 0.6) is 0 Å². The zero-order valence-corrected chi connectivity index (χ0v) is 13.3. The van der Waals surface area contributed by atoms with Crippen LogP contribution in [0, 0.1) is 5.92 Å². The Bertz CT molecular complexity index is 323. The number of hydrogen-bond donors (Lipinski definition) is 2. The average Bonchev–Trinajstić information content (AvgIpc) is 2.50. The van der Waals surface area contributed by atoms with Crippen molar-refractivity contribution in [3.8, 4) is 0 Å². The molecular formula is C15H29N3O3. The lowest BCUT2D eigenvalue weighted by Crippen LogP contribution is -2.46. The Labute approximate surface area is 127 Å². The highest BCUT2D eigenvalue weighted by Crippen LogP contribution is 2.15. The van der Waals surface area contributed by atoms with E-state index in [1.807, 2.05) is 11.8 Å². The van der Waals surface area contributed by atoms with Crippen molar-refractivity contribution < 1.29 is 14.3 Å². The minimum Gasteiger partial charge on any atom is -0.383 e. The number of hydrogen-bond acceptors (Lipinski definition) is 4. The van der Waals surface area contributed by atoms with Gasteiger partial charge in [0.1, 0.15) is 0 Å². The van der Waals surface area contributed by atoms with E-state index in [1.54, 1.807) is 7.11 Å². The Hall–Kier alpha value is -1.14. The Morgan fingerprint density at radius 2 is 2.19 bits per heavy atom. The summed E-state index contributed by atoms with van der Waals surface area (Å²) in [5.74, 6) is 0.625. The fourth-order valence-corrected chi connectivity index (χ4v) is 2.51. The molecule has 1 aliphatic rings. The molecule has 0 aromatic carbocycles. The quantitative estimate of drug-likeness (QED) is 0.604. The molecule has 6 heteroatoms. The molecule has 0 aromatic heterocycles. The van der Waals surface area contributed by atoms with Crippen molar-refractivity contribution in [1.29, 1.82) is 0 Å². The van der Waals surface area contributed by atoms with Crippen LogP contribution >= 0.6 is 0 Å². The molecule has 1 saturated heterocycles. The monoisotopic (exact) mass is 299 g/mol. The lowest BCUT2D eigenvalue weighted by atomic mass is 9.98. The Balaban J connectivity index is 2.24. The molecule has 1 heterocycles. The van der Waals surface area contributed by atoms with E-state index in [0.29, 0.717) is 38.6 Å². The summed E-state index contributed by atoms with van der Waals surface area (Å²) >= 11 is 0. The lowest BCUT2D eigenvalue weighted by Gasteiger charge is -2.33. The van der Waals surface area contributed by atoms with Crippen molar-refractivity contribution in [1.82, 2.24) is 15.5 Å². The maximum absolute atomic E-state index is 12.1. The molecule has 0 radical (unpaired) electrons. The molecule has 0 bridgehead atoms. The third kappa shape index (κ3) is 7.43. The molecule has 2 amide bonds. The first-order valence-electron chi connectivity index (χ1n) is 7.91. The Kier molecular flexibility index (Phi) is 9.01. The molecule has 1 atom stereocenters. The van der Waals surface area contributed by atoms with Crippen LogP contribution in [0.1, 0.15) is 32.6 Å². The van der Waals surface area contributed by atoms with Crippen molar-refractivity contribution >= 4 is 11.8 Å². The van der Waals surface area contributed by atoms with E-state index in [1.165, 1.54) is 0 Å². The molecular weight excluding hydrogens is 270 g/mol. The second-order valence-corrected chi connectivity index (χ2v) is 5.57. The summed E-state index contributed by atoms with van der Waals surface area (Å²) in [5.41, 5.74) is 0. The van der Waals surface area contributed by atoms with Gasteiger partial charge in [-0.25, -0.2) is 0 Å². The lowest BCUT2D eigenvalue weighted by molar-refractivity contribution is -0.132. The highest BCUT2D eigenvalue weighted by atomic mass is 16.5. The molecule has 21 heavy (non-hydrogen) atoms. The van der Waals surface area contributed by atoms with Gasteiger partial charge in [-0.15, -0.1) is 0 Å². The van der Waals surface area contributed by atoms with Crippen LogP contribution in [-0.2, 0) is 14.3 Å². The SMILES string of the molecule is CCCC(=O)NCC1CCCN(C(=O)CNCCOC)C1. The topological polar surface area (TPSA) is 70.7 Å². The molecule has 0 spiro atoms. The third-order valence-electron chi connectivity index (χ3n) is 3.70. The van der Waals surface area contributed by atoms with Crippen LogP contribution in [0.2, 0.25) is 0 Å². The van der Waals surface area contributed by atoms with E-state index in [-0.39, 0.29) is 11.8 Å². The van der Waals surface area contributed by atoms with Crippen LogP contribution in [-0.4, -0.2) is 63.2 Å². The van der Waals surface area contributed by atoms with Crippen LogP contribution in [0.25, 0.3) is 0 Å². The molecule has 0 aromatic rings. The van der Waals surface area contributed by atoms with E-state index in [9.17, 15) is 9.59 Å². The van der Waals surface area contributed by atoms with E-state index < -0.39 is 0 Å². The van der Waals surface area contributed by atoms with Gasteiger partial charge in [0, 0.05) is 39.7 Å². The van der Waals surface area contributed by atoms with Crippen molar-refractivity contribution in [3.05, 3.63) is 0 Å². The highest BCUT2D eigenvalue weighted by Gasteiger charge is 2.23. The summed E-state index contributed by atoms with van der Waals surface area (Å²) < 4.78 is 4.93. The molecule has 1 rings (SSSR count). The van der Waals surface area contributed by atoms with Crippen LogP contribution < -0.4 is 10.6 Å². The van der Waals surface area contributed by atoms with Gasteiger partial charge in [-0.3, -0.25) is 9.59 Å². The summed E-state index contributed by atoms with van der Waals surface area (Å²) in [5, 5.41) is 6.04. The second-order valence-electron chi connectivity index (χ2n) is 5.57. The van der Waals surface area contributed by atoms with Crippen LogP contribution in [0.4, 0.5) is 0 Å². The fourth-order valence-electron chi connectivity index (χ4n) is 2.51. The number of methoxy groups -OCH3 is 1. The minimum absolute atomic E-state index is 0.113. The number of nitrogens with zero attached hydrogens (tertiary/aromatic N) is 1. The molecule has 1 aliphatic heterocycles. The van der Waals surface area contributed by atoms with Gasteiger partial charge < -0.3 is 20.3 Å². The number of rotatable bonds is 9. The smallest absolute Gasteiger partial charge is 0.236 e. The summed E-state index contributed by atoms with van der Waals surface area (Å²) in [7, 11) is 1.64. The normalized spacial score (nSPS) is 18.6. The predicted molar refractivity (Wildman–Crippen MR) is 82.0 cm³/mol. The van der Waals surface area contributed by atoms with Crippen LogP contribution in [0.3, 0.4) is 0 Å². The maximum atomic E-state index is 12.1. The number of amides is 2. The zero-order valence-electron chi connectivity index (χ0n) is 13.3. The first kappa shape index (κ1) is 17.9. The van der Waals surface area contributed by atoms with Crippen molar-refractivity contribution in [3.63, 3.8) is 0 Å². The van der Waals surface area contributed by atoms with Crippen molar-refractivity contribution in [2.45, 2.75) is 32.6 Å². The first-order valence-corrected chi connectivity index (χ1v) is 7.91. The molecule has 0 aliphatic carbocycles. The molecule has 1 unspecified atom stereocenters. The summed E-state index contributed by atoms with van der Waals surface area (Å²) in [6.07, 6.45) is 3.54. The molecule has 0 saturated carbocycles. The molecule has 122 valence electrons. The summed E-state index contributed by atoms with van der Waals surface area (Å²) in [4.78, 5) is 25.5. The minimum atomic E-state index is 0.113. The Morgan fingerprint density at radius 3 is 2.90 bits per heavy atom. The summed E-state index contributed by atoms with van der Waals surface area (Å²) in [6, 6.07) is 0. The predicted octanol–water partition coefficient (Wildman–Crippen LogP) is 0.377. The Morgan fingerprint density at radius 1 is 1.38 bits per heavy atom. The number of nitrogens with one attached hydrogen (secondary N) is 2. The van der Waals surface area contributed by atoms with E-state index in [2.05, 4.69) is 10.6 Å². The first-order chi connectivity index (χ1) is 10.2. The number of ether oxygens (including phenoxy) is 1. The summed E-state index contributed by atoms with van der Waals surface area (Å²) in [6.45, 7) is 5.91. The molecule has 1 fully saturated rings. The number of carbonyl (C=O) groups is 2. The largest absolute Gasteiger partial charge is 0.383 e. The molecule has 6 nitrogen and oxygen atoms in total. The maximum Gasteiger partial charge on any atom is 0.236 e. The van der Waals surface area contributed by atoms with Gasteiger partial charge in [-0.05, 0) is 25.2 Å². The van der Waals surface area contributed by atoms with E-state index in [0.717, 1.165) is 32.4 Å². The standard InChI is InChI=1S/C15H29N3O3/c1-3-5-14(19)17-10-13-6-4-8-18(12-13)15(20)11-16-7-9-21-2/h13,16H,3-12H2,1-2H3,(H,17,19). The van der Waals surface area contributed by atoms with Crippen molar-refractivity contribution in [2.75, 3.05) is 46.4 Å². The number of carbonyl (C=O) groups excluding carboxylic acids is 2. The zero-order chi connectivity index (χ0) is 15.5. The van der Waals surface area contributed by atoms with Gasteiger partial charge >= 0.3 is 0 Å². The average molecular weight is 299 g/mol. The van der Waals surface area contributed by atoms with Gasteiger partial charge in [0.05, 0.1) is 13.2 Å². The van der Waals surface area contributed by atoms with Crippen LogP contribution in [0.15, 0.2) is 0 Å². The van der Waals surface area contributed by atoms with E-state index in [4.69, 9.17) is 4.74 Å². The third-order valence-corrected chi connectivity index (χ3v) is 3.70. The van der Waals surface area contributed by atoms with E-state index >= 15 is 0 Å². The van der Waals surface area contributed by atoms with Gasteiger partial charge in [0.15, 0.2) is 0 Å². The number of piperidine rings is 1. The fraction of sp³-hybridized carbons (Fsp3) is 0.867. The number of likely N-dealkylation sites (tertiary alicyclic amines) is 1. The highest BCUT2D eigenvalue weighted by molar-refractivity contribution is 5.78. The van der Waals surface area contributed by atoms with Gasteiger partial charge in [0.25, 0.3) is 0 Å².